The number of carbonyl (C=O) groups excluding carboxylic acids is 1. The van der Waals surface area contributed by atoms with Crippen molar-refractivity contribution in [1.29, 1.82) is 0 Å². The molecule has 5 nitrogen and oxygen atoms in total. The standard InChI is InChI=1S/C24H26BrN3O2/c1-5-28-20-8-6-16(10-19(20)15(2)13-24(28,3)4)14-26-27-23(29)22-12-17-11-18(25)7-9-21(17)30-22/h6-12,14-15H,5,13H2,1-4H3,(H,27,29)/b26-14+. The first kappa shape index (κ1) is 20.7. The van der Waals surface area contributed by atoms with E-state index in [1.54, 1.807) is 12.3 Å². The van der Waals surface area contributed by atoms with Gasteiger partial charge in [-0.25, -0.2) is 5.43 Å². The van der Waals surface area contributed by atoms with Gasteiger partial charge in [0, 0.05) is 27.6 Å². The molecule has 3 aromatic rings. The minimum atomic E-state index is -0.371. The Morgan fingerprint density at radius 3 is 2.87 bits per heavy atom. The summed E-state index contributed by atoms with van der Waals surface area (Å²) in [5, 5.41) is 5.01. The number of furan rings is 1. The summed E-state index contributed by atoms with van der Waals surface area (Å²) in [6, 6.07) is 13.7. The molecule has 0 bridgehead atoms. The van der Waals surface area contributed by atoms with Gasteiger partial charge in [-0.1, -0.05) is 28.9 Å². The minimum absolute atomic E-state index is 0.146. The second kappa shape index (κ2) is 7.91. The quantitative estimate of drug-likeness (QED) is 0.374. The summed E-state index contributed by atoms with van der Waals surface area (Å²) >= 11 is 3.42. The van der Waals surface area contributed by atoms with E-state index in [9.17, 15) is 4.79 Å². The lowest BCUT2D eigenvalue weighted by Crippen LogP contribution is -2.48. The number of amides is 1. The van der Waals surface area contributed by atoms with E-state index in [4.69, 9.17) is 4.42 Å². The smallest absolute Gasteiger partial charge is 0.307 e. The summed E-state index contributed by atoms with van der Waals surface area (Å²) in [6.07, 6.45) is 2.79. The number of fused-ring (bicyclic) bond motifs is 2. The molecule has 0 fully saturated rings. The predicted octanol–water partition coefficient (Wildman–Crippen LogP) is 6.07. The molecule has 0 radical (unpaired) electrons. The van der Waals surface area contributed by atoms with Crippen LogP contribution in [0.1, 0.15) is 61.7 Å². The molecule has 0 saturated carbocycles. The molecule has 1 unspecified atom stereocenters. The topological polar surface area (TPSA) is 57.8 Å². The number of halogens is 1. The minimum Gasteiger partial charge on any atom is -0.451 e. The maximum atomic E-state index is 12.4. The lowest BCUT2D eigenvalue weighted by molar-refractivity contribution is 0.0929. The van der Waals surface area contributed by atoms with Gasteiger partial charge in [-0.2, -0.15) is 5.10 Å². The lowest BCUT2D eigenvalue weighted by Gasteiger charge is -2.47. The number of nitrogens with one attached hydrogen (secondary N) is 1. The Morgan fingerprint density at radius 2 is 2.10 bits per heavy atom. The van der Waals surface area contributed by atoms with E-state index in [1.807, 2.05) is 24.3 Å². The highest BCUT2D eigenvalue weighted by Gasteiger charge is 2.35. The molecule has 0 aliphatic carbocycles. The number of hydrogen-bond acceptors (Lipinski definition) is 4. The van der Waals surface area contributed by atoms with Crippen molar-refractivity contribution in [2.24, 2.45) is 5.10 Å². The zero-order chi connectivity index (χ0) is 21.5. The van der Waals surface area contributed by atoms with Crippen molar-refractivity contribution in [2.75, 3.05) is 11.4 Å². The Bertz CT molecular complexity index is 1130. The van der Waals surface area contributed by atoms with Crippen molar-refractivity contribution in [1.82, 2.24) is 5.43 Å². The normalized spacial score (nSPS) is 18.0. The van der Waals surface area contributed by atoms with Crippen molar-refractivity contribution >= 4 is 44.7 Å². The second-order valence-electron chi connectivity index (χ2n) is 8.47. The molecule has 156 valence electrons. The third-order valence-electron chi connectivity index (χ3n) is 5.81. The van der Waals surface area contributed by atoms with Gasteiger partial charge in [-0.05, 0) is 80.6 Å². The summed E-state index contributed by atoms with van der Waals surface area (Å²) in [4.78, 5) is 14.9. The van der Waals surface area contributed by atoms with Crippen LogP contribution in [-0.4, -0.2) is 24.2 Å². The van der Waals surface area contributed by atoms with E-state index in [1.165, 1.54) is 11.3 Å². The molecule has 1 aromatic heterocycles. The van der Waals surface area contributed by atoms with Gasteiger partial charge in [0.2, 0.25) is 0 Å². The van der Waals surface area contributed by atoms with Crippen molar-refractivity contribution in [2.45, 2.75) is 45.6 Å². The Labute approximate surface area is 185 Å². The number of nitrogens with zero attached hydrogens (tertiary/aromatic N) is 2. The molecule has 0 saturated heterocycles. The SMILES string of the molecule is CCN1c2ccc(/C=N/NC(=O)c3cc4cc(Br)ccc4o3)cc2C(C)CC1(C)C. The molecular formula is C24H26BrN3O2. The summed E-state index contributed by atoms with van der Waals surface area (Å²) in [5.74, 6) is 0.333. The van der Waals surface area contributed by atoms with Crippen LogP contribution in [0.3, 0.4) is 0 Å². The number of hydrazone groups is 1. The third-order valence-corrected chi connectivity index (χ3v) is 6.30. The number of benzene rings is 2. The number of anilines is 1. The van der Waals surface area contributed by atoms with Crippen LogP contribution in [0.25, 0.3) is 11.0 Å². The van der Waals surface area contributed by atoms with Crippen LogP contribution in [0.2, 0.25) is 0 Å². The first-order valence-electron chi connectivity index (χ1n) is 10.2. The van der Waals surface area contributed by atoms with Crippen LogP contribution >= 0.6 is 15.9 Å². The van der Waals surface area contributed by atoms with Gasteiger partial charge in [0.05, 0.1) is 6.21 Å². The third kappa shape index (κ3) is 3.88. The number of hydrogen-bond donors (Lipinski definition) is 1. The average Bonchev–Trinajstić information content (AvgIpc) is 3.11. The molecule has 1 aliphatic rings. The zero-order valence-electron chi connectivity index (χ0n) is 17.7. The molecule has 1 N–H and O–H groups in total. The molecule has 0 spiro atoms. The molecule has 1 aliphatic heterocycles. The highest BCUT2D eigenvalue weighted by molar-refractivity contribution is 9.10. The molecule has 30 heavy (non-hydrogen) atoms. The maximum Gasteiger partial charge on any atom is 0.307 e. The number of rotatable bonds is 4. The first-order chi connectivity index (χ1) is 14.3. The van der Waals surface area contributed by atoms with Crippen molar-refractivity contribution in [3.63, 3.8) is 0 Å². The summed E-state index contributed by atoms with van der Waals surface area (Å²) in [5.41, 5.74) is 6.95. The Kier molecular flexibility index (Phi) is 5.45. The largest absolute Gasteiger partial charge is 0.451 e. The van der Waals surface area contributed by atoms with E-state index in [2.05, 4.69) is 71.2 Å². The van der Waals surface area contributed by atoms with Crippen molar-refractivity contribution in [3.05, 3.63) is 63.8 Å². The monoisotopic (exact) mass is 467 g/mol. The molecular weight excluding hydrogens is 442 g/mol. The fraction of sp³-hybridized carbons (Fsp3) is 0.333. The fourth-order valence-corrected chi connectivity index (χ4v) is 4.91. The van der Waals surface area contributed by atoms with Gasteiger partial charge in [0.25, 0.3) is 0 Å². The second-order valence-corrected chi connectivity index (χ2v) is 9.39. The molecule has 2 heterocycles. The van der Waals surface area contributed by atoms with E-state index >= 15 is 0 Å². The van der Waals surface area contributed by atoms with Gasteiger partial charge >= 0.3 is 5.91 Å². The summed E-state index contributed by atoms with van der Waals surface area (Å²) in [7, 11) is 0. The Balaban J connectivity index is 1.50. The van der Waals surface area contributed by atoms with Gasteiger partial charge in [0.15, 0.2) is 5.76 Å². The average molecular weight is 468 g/mol. The molecule has 2 aromatic carbocycles. The molecule has 6 heteroatoms. The van der Waals surface area contributed by atoms with Crippen molar-refractivity contribution in [3.8, 4) is 0 Å². The summed E-state index contributed by atoms with van der Waals surface area (Å²) in [6.45, 7) is 10.1. The molecule has 1 amide bonds. The zero-order valence-corrected chi connectivity index (χ0v) is 19.3. The summed E-state index contributed by atoms with van der Waals surface area (Å²) < 4.78 is 6.54. The van der Waals surface area contributed by atoms with Crippen LogP contribution in [0.4, 0.5) is 5.69 Å². The van der Waals surface area contributed by atoms with Gasteiger partial charge in [-0.3, -0.25) is 4.79 Å². The van der Waals surface area contributed by atoms with Crippen LogP contribution in [0.5, 0.6) is 0 Å². The predicted molar refractivity (Wildman–Crippen MR) is 126 cm³/mol. The molecule has 1 atom stereocenters. The van der Waals surface area contributed by atoms with E-state index in [0.29, 0.717) is 11.5 Å². The first-order valence-corrected chi connectivity index (χ1v) is 11.0. The molecule has 4 rings (SSSR count). The van der Waals surface area contributed by atoms with Crippen LogP contribution < -0.4 is 10.3 Å². The highest BCUT2D eigenvalue weighted by Crippen LogP contribution is 2.43. The van der Waals surface area contributed by atoms with Gasteiger partial charge in [0.1, 0.15) is 5.58 Å². The van der Waals surface area contributed by atoms with Crippen LogP contribution in [-0.2, 0) is 0 Å². The van der Waals surface area contributed by atoms with E-state index < -0.39 is 0 Å². The maximum absolute atomic E-state index is 12.4. The van der Waals surface area contributed by atoms with E-state index in [0.717, 1.165) is 28.4 Å². The van der Waals surface area contributed by atoms with Gasteiger partial charge < -0.3 is 9.32 Å². The lowest BCUT2D eigenvalue weighted by atomic mass is 9.79. The highest BCUT2D eigenvalue weighted by atomic mass is 79.9. The number of carbonyl (C=O) groups is 1. The van der Waals surface area contributed by atoms with Gasteiger partial charge in [-0.15, -0.1) is 0 Å². The fourth-order valence-electron chi connectivity index (χ4n) is 4.53. The van der Waals surface area contributed by atoms with E-state index in [-0.39, 0.29) is 17.2 Å². The Hall–Kier alpha value is -2.60. The Morgan fingerprint density at radius 1 is 1.30 bits per heavy atom. The van der Waals surface area contributed by atoms with Crippen molar-refractivity contribution < 1.29 is 9.21 Å². The van der Waals surface area contributed by atoms with Crippen LogP contribution in [0, 0.1) is 0 Å². The van der Waals surface area contributed by atoms with Crippen LogP contribution in [0.15, 0.2) is 56.5 Å².